The van der Waals surface area contributed by atoms with Crippen molar-refractivity contribution in [2.75, 3.05) is 13.7 Å². The summed E-state index contributed by atoms with van der Waals surface area (Å²) in [5.41, 5.74) is 5.74. The van der Waals surface area contributed by atoms with Crippen LogP contribution in [0.15, 0.2) is 69.9 Å². The third kappa shape index (κ3) is 3.67. The Hall–Kier alpha value is -3.86. The van der Waals surface area contributed by atoms with Crippen LogP contribution in [-0.4, -0.2) is 24.5 Å². The van der Waals surface area contributed by atoms with Crippen molar-refractivity contribution in [3.63, 3.8) is 0 Å². The maximum Gasteiger partial charge on any atom is 0.290 e. The van der Waals surface area contributed by atoms with Crippen molar-refractivity contribution in [2.45, 2.75) is 33.2 Å². The van der Waals surface area contributed by atoms with E-state index in [0.717, 1.165) is 33.6 Å². The van der Waals surface area contributed by atoms with Gasteiger partial charge in [0.1, 0.15) is 11.3 Å². The van der Waals surface area contributed by atoms with E-state index >= 15 is 0 Å². The number of nitrogens with zero attached hydrogens (tertiary/aromatic N) is 1. The maximum absolute atomic E-state index is 13.8. The Labute approximate surface area is 198 Å². The van der Waals surface area contributed by atoms with E-state index < -0.39 is 6.04 Å². The first-order chi connectivity index (χ1) is 16.4. The number of methoxy groups -OCH3 is 1. The summed E-state index contributed by atoms with van der Waals surface area (Å²) in [6, 6.07) is 19.2. The molecule has 1 aliphatic heterocycles. The fraction of sp³-hybridized carbons (Fsp3) is 0.241. The average molecular weight is 454 g/mol. The number of carbonyl (C=O) groups excluding carboxylic acids is 1. The monoisotopic (exact) mass is 453 g/mol. The molecule has 0 N–H and O–H groups in total. The second-order valence-electron chi connectivity index (χ2n) is 9.04. The van der Waals surface area contributed by atoms with Crippen LogP contribution in [0, 0.1) is 20.8 Å². The number of carbonyl (C=O) groups is 1. The van der Waals surface area contributed by atoms with Gasteiger partial charge in [-0.1, -0.05) is 48.0 Å². The summed E-state index contributed by atoms with van der Waals surface area (Å²) in [6.45, 7) is 6.35. The first-order valence-corrected chi connectivity index (χ1v) is 11.5. The van der Waals surface area contributed by atoms with Gasteiger partial charge >= 0.3 is 0 Å². The Morgan fingerprint density at radius 3 is 2.29 bits per heavy atom. The molecule has 1 amide bonds. The molecule has 1 atom stereocenters. The third-order valence-corrected chi connectivity index (χ3v) is 6.61. The van der Waals surface area contributed by atoms with E-state index in [-0.39, 0.29) is 17.1 Å². The van der Waals surface area contributed by atoms with Crippen LogP contribution in [-0.2, 0) is 6.42 Å². The highest BCUT2D eigenvalue weighted by Crippen LogP contribution is 2.38. The lowest BCUT2D eigenvalue weighted by Gasteiger charge is -2.25. The van der Waals surface area contributed by atoms with Crippen LogP contribution in [0.4, 0.5) is 0 Å². The summed E-state index contributed by atoms with van der Waals surface area (Å²) in [4.78, 5) is 29.2. The lowest BCUT2D eigenvalue weighted by molar-refractivity contribution is 0.0730. The van der Waals surface area contributed by atoms with Crippen molar-refractivity contribution in [1.29, 1.82) is 0 Å². The number of rotatable bonds is 5. The molecule has 172 valence electrons. The van der Waals surface area contributed by atoms with Crippen LogP contribution in [0.3, 0.4) is 0 Å². The number of hydrogen-bond donors (Lipinski definition) is 0. The molecule has 0 saturated heterocycles. The Balaban J connectivity index is 1.62. The largest absolute Gasteiger partial charge is 0.497 e. The van der Waals surface area contributed by atoms with Crippen molar-refractivity contribution >= 4 is 16.9 Å². The molecule has 1 aromatic heterocycles. The van der Waals surface area contributed by atoms with Crippen molar-refractivity contribution in [3.8, 4) is 5.75 Å². The molecular weight excluding hydrogens is 426 g/mol. The Kier molecular flexibility index (Phi) is 5.48. The Morgan fingerprint density at radius 1 is 0.912 bits per heavy atom. The zero-order chi connectivity index (χ0) is 24.0. The predicted molar refractivity (Wildman–Crippen MR) is 133 cm³/mol. The van der Waals surface area contributed by atoms with E-state index in [1.165, 1.54) is 0 Å². The summed E-state index contributed by atoms with van der Waals surface area (Å²) in [5.74, 6) is 0.702. The van der Waals surface area contributed by atoms with Crippen LogP contribution in [0.5, 0.6) is 5.75 Å². The molecule has 2 heterocycles. The molecule has 0 spiro atoms. The van der Waals surface area contributed by atoms with Gasteiger partial charge in [0.2, 0.25) is 5.76 Å². The molecule has 34 heavy (non-hydrogen) atoms. The van der Waals surface area contributed by atoms with E-state index in [0.29, 0.717) is 29.5 Å². The Bertz CT molecular complexity index is 1450. The van der Waals surface area contributed by atoms with Gasteiger partial charge in [-0.25, -0.2) is 0 Å². The molecule has 5 rings (SSSR count). The van der Waals surface area contributed by atoms with Gasteiger partial charge in [-0.05, 0) is 67.6 Å². The van der Waals surface area contributed by atoms with Gasteiger partial charge in [0.05, 0.1) is 24.1 Å². The minimum Gasteiger partial charge on any atom is -0.497 e. The van der Waals surface area contributed by atoms with Gasteiger partial charge in [0.25, 0.3) is 5.91 Å². The van der Waals surface area contributed by atoms with Crippen LogP contribution < -0.4 is 10.2 Å². The van der Waals surface area contributed by atoms with Crippen molar-refractivity contribution in [2.24, 2.45) is 0 Å². The number of hydrogen-bond acceptors (Lipinski definition) is 4. The standard InChI is InChI=1S/C29H27NO4/c1-17-5-9-21(10-6-17)26-25-27(31)24-19(3)15-18(2)16-23(24)34-28(25)29(32)30(26)14-13-20-7-11-22(33-4)12-8-20/h5-12,15-16,26H,13-14H2,1-4H3. The second-order valence-corrected chi connectivity index (χ2v) is 9.04. The van der Waals surface area contributed by atoms with Crippen LogP contribution in [0.25, 0.3) is 11.0 Å². The van der Waals surface area contributed by atoms with Crippen molar-refractivity contribution < 1.29 is 13.9 Å². The fourth-order valence-electron chi connectivity index (χ4n) is 4.88. The summed E-state index contributed by atoms with van der Waals surface area (Å²) in [6.07, 6.45) is 0.651. The highest BCUT2D eigenvalue weighted by Gasteiger charge is 2.42. The summed E-state index contributed by atoms with van der Waals surface area (Å²) < 4.78 is 11.4. The van der Waals surface area contributed by atoms with Crippen molar-refractivity contribution in [1.82, 2.24) is 4.90 Å². The number of fused-ring (bicyclic) bond motifs is 2. The predicted octanol–water partition coefficient (Wildman–Crippen LogP) is 5.51. The van der Waals surface area contributed by atoms with Gasteiger partial charge < -0.3 is 14.1 Å². The fourth-order valence-corrected chi connectivity index (χ4v) is 4.88. The molecule has 0 radical (unpaired) electrons. The maximum atomic E-state index is 13.8. The summed E-state index contributed by atoms with van der Waals surface area (Å²) in [7, 11) is 1.64. The number of benzene rings is 3. The van der Waals surface area contributed by atoms with E-state index in [2.05, 4.69) is 0 Å². The summed E-state index contributed by atoms with van der Waals surface area (Å²) >= 11 is 0. The molecule has 0 fully saturated rings. The van der Waals surface area contributed by atoms with Gasteiger partial charge in [-0.15, -0.1) is 0 Å². The molecule has 0 aliphatic carbocycles. The smallest absolute Gasteiger partial charge is 0.290 e. The van der Waals surface area contributed by atoms with E-state index in [1.807, 2.05) is 81.4 Å². The highest BCUT2D eigenvalue weighted by molar-refractivity contribution is 5.99. The van der Waals surface area contributed by atoms with Crippen molar-refractivity contribution in [3.05, 3.63) is 110 Å². The SMILES string of the molecule is COc1ccc(CCN2C(=O)c3oc4cc(C)cc(C)c4c(=O)c3C2c2ccc(C)cc2)cc1. The normalized spacial score (nSPS) is 15.1. The van der Waals surface area contributed by atoms with Gasteiger partial charge in [0, 0.05) is 6.54 Å². The van der Waals surface area contributed by atoms with Crippen LogP contribution in [0.1, 0.15) is 50.0 Å². The highest BCUT2D eigenvalue weighted by atomic mass is 16.5. The van der Waals surface area contributed by atoms with Gasteiger partial charge in [0.15, 0.2) is 5.43 Å². The number of ether oxygens (including phenoxy) is 1. The topological polar surface area (TPSA) is 59.8 Å². The molecular formula is C29H27NO4. The van der Waals surface area contributed by atoms with E-state index in [1.54, 1.807) is 12.0 Å². The van der Waals surface area contributed by atoms with E-state index in [4.69, 9.17) is 9.15 Å². The molecule has 0 bridgehead atoms. The van der Waals surface area contributed by atoms with Crippen LogP contribution >= 0.6 is 0 Å². The number of aryl methyl sites for hydroxylation is 3. The molecule has 4 aromatic rings. The van der Waals surface area contributed by atoms with Gasteiger partial charge in [-0.2, -0.15) is 0 Å². The van der Waals surface area contributed by atoms with E-state index in [9.17, 15) is 9.59 Å². The minimum absolute atomic E-state index is 0.125. The zero-order valence-electron chi connectivity index (χ0n) is 19.8. The molecule has 3 aromatic carbocycles. The Morgan fingerprint density at radius 2 is 1.62 bits per heavy atom. The lowest BCUT2D eigenvalue weighted by atomic mass is 9.96. The first-order valence-electron chi connectivity index (χ1n) is 11.5. The van der Waals surface area contributed by atoms with Gasteiger partial charge in [-0.3, -0.25) is 9.59 Å². The molecule has 0 saturated carbocycles. The lowest BCUT2D eigenvalue weighted by Crippen LogP contribution is -2.31. The summed E-state index contributed by atoms with van der Waals surface area (Å²) in [5, 5.41) is 0.547. The quantitative estimate of drug-likeness (QED) is 0.400. The number of amides is 1. The minimum atomic E-state index is -0.484. The second kappa shape index (κ2) is 8.49. The third-order valence-electron chi connectivity index (χ3n) is 6.61. The van der Waals surface area contributed by atoms with Crippen LogP contribution in [0.2, 0.25) is 0 Å². The molecule has 5 heteroatoms. The first kappa shape index (κ1) is 22.0. The zero-order valence-corrected chi connectivity index (χ0v) is 19.8. The average Bonchev–Trinajstić information content (AvgIpc) is 3.10. The molecule has 1 unspecified atom stereocenters. The molecule has 1 aliphatic rings. The molecule has 5 nitrogen and oxygen atoms in total.